The Kier molecular flexibility index (Phi) is 7.98. The molecule has 1 aliphatic carbocycles. The summed E-state index contributed by atoms with van der Waals surface area (Å²) in [5.74, 6) is 0. The van der Waals surface area contributed by atoms with Crippen molar-refractivity contribution >= 4 is 35.0 Å². The highest BCUT2D eigenvalue weighted by atomic mass is 35.5. The molecule has 0 aromatic heterocycles. The number of amides is 1. The van der Waals surface area contributed by atoms with Gasteiger partial charge in [-0.05, 0) is 65.0 Å². The summed E-state index contributed by atoms with van der Waals surface area (Å²) in [6.45, 7) is 9.71. The van der Waals surface area contributed by atoms with Crippen molar-refractivity contribution in [3.05, 3.63) is 28.2 Å². The van der Waals surface area contributed by atoms with E-state index in [1.807, 2.05) is 32.9 Å². The van der Waals surface area contributed by atoms with Crippen LogP contribution >= 0.6 is 23.2 Å². The fourth-order valence-electron chi connectivity index (χ4n) is 4.31. The van der Waals surface area contributed by atoms with Gasteiger partial charge in [0.2, 0.25) is 0 Å². The summed E-state index contributed by atoms with van der Waals surface area (Å²) in [5.41, 5.74) is -0.712. The third-order valence-electron chi connectivity index (χ3n) is 6.12. The molecule has 1 aromatic rings. The van der Waals surface area contributed by atoms with E-state index in [2.05, 4.69) is 15.1 Å². The van der Waals surface area contributed by atoms with Gasteiger partial charge < -0.3 is 15.0 Å². The summed E-state index contributed by atoms with van der Waals surface area (Å²) in [6, 6.07) is 5.69. The molecule has 5 nitrogen and oxygen atoms in total. The molecule has 1 N–H and O–H groups in total. The SMILES string of the molecule is CC(C)(C)OC(=O)N[C@H]1CC[C@](F)(CCN2CCN(c3cccc(Cl)c3Cl)CC2)CC1. The van der Waals surface area contributed by atoms with E-state index < -0.39 is 17.4 Å². The highest BCUT2D eigenvalue weighted by molar-refractivity contribution is 6.43. The van der Waals surface area contributed by atoms with Crippen molar-refractivity contribution in [2.24, 2.45) is 0 Å². The molecule has 0 spiro atoms. The quantitative estimate of drug-likeness (QED) is 0.597. The lowest BCUT2D eigenvalue weighted by molar-refractivity contribution is 0.0398. The van der Waals surface area contributed by atoms with Crippen LogP contribution in [-0.4, -0.2) is 61.0 Å². The summed E-state index contributed by atoms with van der Waals surface area (Å²) in [5, 5.41) is 4.05. The Morgan fingerprint density at radius 3 is 2.45 bits per heavy atom. The molecule has 1 saturated carbocycles. The molecule has 1 amide bonds. The molecular weight excluding hydrogens is 440 g/mol. The zero-order valence-corrected chi connectivity index (χ0v) is 20.2. The Labute approximate surface area is 195 Å². The van der Waals surface area contributed by atoms with Gasteiger partial charge in [0.05, 0.1) is 15.7 Å². The third kappa shape index (κ3) is 7.13. The number of hydrogen-bond acceptors (Lipinski definition) is 4. The van der Waals surface area contributed by atoms with Crippen LogP contribution in [0, 0.1) is 0 Å². The zero-order chi connectivity index (χ0) is 22.6. The highest BCUT2D eigenvalue weighted by Crippen LogP contribution is 2.36. The minimum Gasteiger partial charge on any atom is -0.444 e. The van der Waals surface area contributed by atoms with Gasteiger partial charge in [0.15, 0.2) is 0 Å². The van der Waals surface area contributed by atoms with Crippen molar-refractivity contribution < 1.29 is 13.9 Å². The predicted molar refractivity (Wildman–Crippen MR) is 125 cm³/mol. The Morgan fingerprint density at radius 1 is 1.19 bits per heavy atom. The summed E-state index contributed by atoms with van der Waals surface area (Å²) < 4.78 is 20.6. The number of anilines is 1. The number of piperazine rings is 1. The maximum Gasteiger partial charge on any atom is 0.407 e. The molecule has 1 aliphatic heterocycles. The van der Waals surface area contributed by atoms with E-state index in [1.54, 1.807) is 6.07 Å². The van der Waals surface area contributed by atoms with Crippen LogP contribution in [0.15, 0.2) is 18.2 Å². The molecule has 1 saturated heterocycles. The fraction of sp³-hybridized carbons (Fsp3) is 0.696. The summed E-state index contributed by atoms with van der Waals surface area (Å²) >= 11 is 12.5. The molecule has 0 atom stereocenters. The first-order valence-corrected chi connectivity index (χ1v) is 11.9. The van der Waals surface area contributed by atoms with Crippen LogP contribution in [0.1, 0.15) is 52.9 Å². The molecule has 2 aliphatic rings. The Hall–Kier alpha value is -1.24. The van der Waals surface area contributed by atoms with Gasteiger partial charge in [-0.2, -0.15) is 0 Å². The van der Waals surface area contributed by atoms with Gasteiger partial charge in [0, 0.05) is 38.8 Å². The van der Waals surface area contributed by atoms with Gasteiger partial charge in [0.25, 0.3) is 0 Å². The minimum absolute atomic E-state index is 0.00952. The molecule has 0 bridgehead atoms. The summed E-state index contributed by atoms with van der Waals surface area (Å²) in [4.78, 5) is 16.5. The van der Waals surface area contributed by atoms with Gasteiger partial charge in [-0.25, -0.2) is 9.18 Å². The lowest BCUT2D eigenvalue weighted by atomic mass is 9.81. The fourth-order valence-corrected chi connectivity index (χ4v) is 4.73. The van der Waals surface area contributed by atoms with Crippen LogP contribution < -0.4 is 10.2 Å². The lowest BCUT2D eigenvalue weighted by Crippen LogP contribution is -2.48. The number of rotatable bonds is 5. The molecule has 0 unspecified atom stereocenters. The number of carbonyl (C=O) groups is 1. The highest BCUT2D eigenvalue weighted by Gasteiger charge is 2.36. The van der Waals surface area contributed by atoms with Gasteiger partial charge in [-0.1, -0.05) is 29.3 Å². The van der Waals surface area contributed by atoms with Crippen LogP contribution in [0.25, 0.3) is 0 Å². The molecule has 31 heavy (non-hydrogen) atoms. The first kappa shape index (κ1) is 24.4. The van der Waals surface area contributed by atoms with Crippen molar-refractivity contribution in [1.82, 2.24) is 10.2 Å². The monoisotopic (exact) mass is 473 g/mol. The molecule has 3 rings (SSSR count). The first-order valence-electron chi connectivity index (χ1n) is 11.1. The van der Waals surface area contributed by atoms with Crippen LogP contribution in [0.5, 0.6) is 0 Å². The predicted octanol–water partition coefficient (Wildman–Crippen LogP) is 5.68. The van der Waals surface area contributed by atoms with Gasteiger partial charge >= 0.3 is 6.09 Å². The number of ether oxygens (including phenoxy) is 1. The van der Waals surface area contributed by atoms with Crippen LogP contribution in [-0.2, 0) is 4.74 Å². The zero-order valence-electron chi connectivity index (χ0n) is 18.7. The number of nitrogens with one attached hydrogen (secondary N) is 1. The largest absolute Gasteiger partial charge is 0.444 e. The van der Waals surface area contributed by atoms with Crippen molar-refractivity contribution in [2.75, 3.05) is 37.6 Å². The van der Waals surface area contributed by atoms with Crippen molar-refractivity contribution in [3.8, 4) is 0 Å². The maximum atomic E-state index is 15.3. The molecule has 174 valence electrons. The number of nitrogens with zero attached hydrogens (tertiary/aromatic N) is 2. The van der Waals surface area contributed by atoms with Crippen molar-refractivity contribution in [2.45, 2.75) is 70.2 Å². The smallest absolute Gasteiger partial charge is 0.407 e. The number of benzene rings is 1. The molecule has 1 aromatic carbocycles. The van der Waals surface area contributed by atoms with E-state index in [1.165, 1.54) is 0 Å². The number of halogens is 3. The second kappa shape index (κ2) is 10.1. The number of hydrogen-bond donors (Lipinski definition) is 1. The van der Waals surface area contributed by atoms with E-state index >= 15 is 4.39 Å². The average Bonchev–Trinajstić information content (AvgIpc) is 2.70. The number of alkyl carbamates (subject to hydrolysis) is 1. The van der Waals surface area contributed by atoms with E-state index in [0.717, 1.165) is 38.4 Å². The molecule has 0 radical (unpaired) electrons. The van der Waals surface area contributed by atoms with Crippen LogP contribution in [0.3, 0.4) is 0 Å². The van der Waals surface area contributed by atoms with Gasteiger partial charge in [0.1, 0.15) is 11.3 Å². The number of alkyl halides is 1. The summed E-state index contributed by atoms with van der Waals surface area (Å²) in [6.07, 6.45) is 2.37. The van der Waals surface area contributed by atoms with Gasteiger partial charge in [-0.3, -0.25) is 4.90 Å². The Balaban J connectivity index is 1.39. The Bertz CT molecular complexity index is 756. The standard InChI is InChI=1S/C23H34Cl2FN3O2/c1-22(2,3)31-21(30)27-17-7-9-23(26,10-8-17)11-12-28-13-15-29(16-14-28)19-6-4-5-18(24)20(19)25/h4-6,17H,7-16H2,1-3H3,(H,27,30)/t17-,23+. The minimum atomic E-state index is -1.15. The maximum absolute atomic E-state index is 15.3. The lowest BCUT2D eigenvalue weighted by Gasteiger charge is -2.39. The Morgan fingerprint density at radius 2 is 1.84 bits per heavy atom. The second-order valence-electron chi connectivity index (χ2n) is 9.72. The third-order valence-corrected chi connectivity index (χ3v) is 6.93. The molecule has 1 heterocycles. The summed E-state index contributed by atoms with van der Waals surface area (Å²) in [7, 11) is 0. The van der Waals surface area contributed by atoms with E-state index in [-0.39, 0.29) is 6.04 Å². The van der Waals surface area contributed by atoms with E-state index in [0.29, 0.717) is 42.1 Å². The molecule has 2 fully saturated rings. The van der Waals surface area contributed by atoms with Crippen LogP contribution in [0.4, 0.5) is 14.9 Å². The van der Waals surface area contributed by atoms with Gasteiger partial charge in [-0.15, -0.1) is 0 Å². The first-order chi connectivity index (χ1) is 14.5. The molecular formula is C23H34Cl2FN3O2. The van der Waals surface area contributed by atoms with Crippen LogP contribution in [0.2, 0.25) is 10.0 Å². The molecule has 8 heteroatoms. The second-order valence-corrected chi connectivity index (χ2v) is 10.5. The van der Waals surface area contributed by atoms with Crippen molar-refractivity contribution in [3.63, 3.8) is 0 Å². The normalized spacial score (nSPS) is 25.4. The topological polar surface area (TPSA) is 44.8 Å². The van der Waals surface area contributed by atoms with E-state index in [9.17, 15) is 4.79 Å². The average molecular weight is 474 g/mol. The van der Waals surface area contributed by atoms with Crippen molar-refractivity contribution in [1.29, 1.82) is 0 Å². The number of carbonyl (C=O) groups excluding carboxylic acids is 1. The van der Waals surface area contributed by atoms with E-state index in [4.69, 9.17) is 27.9 Å².